The minimum Gasteiger partial charge on any atom is -0.463 e. The van der Waals surface area contributed by atoms with Gasteiger partial charge in [-0.3, -0.25) is 0 Å². The van der Waals surface area contributed by atoms with Crippen LogP contribution in [-0.4, -0.2) is 19.1 Å². The molecule has 0 amide bonds. The SMILES string of the molecule is CC1CCC(C2CCC(C(F)(F)Oc3ccc(OCF)cc3)CC2)CC1.CC1CCC(C2CCC(F)CC2)CC1. The smallest absolute Gasteiger partial charge is 0.400 e. The molecule has 0 N–H and O–H groups in total. The van der Waals surface area contributed by atoms with Crippen molar-refractivity contribution in [3.05, 3.63) is 24.3 Å². The van der Waals surface area contributed by atoms with Crippen LogP contribution in [0, 0.1) is 41.4 Å². The third-order valence-electron chi connectivity index (χ3n) is 10.7. The van der Waals surface area contributed by atoms with Crippen LogP contribution < -0.4 is 9.47 Å². The largest absolute Gasteiger partial charge is 0.463 e. The van der Waals surface area contributed by atoms with Gasteiger partial charge in [0, 0.05) is 0 Å². The first-order valence-electron chi connectivity index (χ1n) is 16.2. The van der Waals surface area contributed by atoms with E-state index in [0.29, 0.717) is 24.5 Å². The predicted molar refractivity (Wildman–Crippen MR) is 153 cm³/mol. The molecule has 0 spiro atoms. The van der Waals surface area contributed by atoms with Gasteiger partial charge in [-0.25, -0.2) is 8.78 Å². The molecule has 0 heterocycles. The summed E-state index contributed by atoms with van der Waals surface area (Å²) in [6, 6.07) is 5.67. The molecule has 1 aromatic rings. The van der Waals surface area contributed by atoms with E-state index in [0.717, 1.165) is 55.3 Å². The average Bonchev–Trinajstić information content (AvgIpc) is 2.96. The van der Waals surface area contributed by atoms with E-state index in [4.69, 9.17) is 4.74 Å². The fraction of sp³-hybridized carbons (Fsp3) is 0.824. The molecule has 0 radical (unpaired) electrons. The van der Waals surface area contributed by atoms with Crippen LogP contribution in [0.4, 0.5) is 17.6 Å². The van der Waals surface area contributed by atoms with Gasteiger partial charge in [-0.2, -0.15) is 8.78 Å². The molecule has 228 valence electrons. The topological polar surface area (TPSA) is 18.5 Å². The van der Waals surface area contributed by atoms with Gasteiger partial charge in [0.15, 0.2) is 0 Å². The molecule has 0 atom stereocenters. The number of halogens is 4. The summed E-state index contributed by atoms with van der Waals surface area (Å²) in [5.74, 6) is 4.56. The Kier molecular flexibility index (Phi) is 11.9. The van der Waals surface area contributed by atoms with Crippen LogP contribution in [0.1, 0.15) is 117 Å². The van der Waals surface area contributed by atoms with Crippen LogP contribution >= 0.6 is 0 Å². The van der Waals surface area contributed by atoms with E-state index in [-0.39, 0.29) is 5.75 Å². The number of hydrogen-bond acceptors (Lipinski definition) is 2. The summed E-state index contributed by atoms with van der Waals surface area (Å²) in [6.45, 7) is 3.73. The first-order chi connectivity index (χ1) is 19.2. The Balaban J connectivity index is 0.000000222. The van der Waals surface area contributed by atoms with Crippen molar-refractivity contribution in [3.63, 3.8) is 0 Å². The van der Waals surface area contributed by atoms with Crippen molar-refractivity contribution in [2.75, 3.05) is 6.86 Å². The highest BCUT2D eigenvalue weighted by Crippen LogP contribution is 2.45. The Morgan fingerprint density at radius 1 is 0.600 bits per heavy atom. The number of ether oxygens (including phenoxy) is 2. The molecule has 0 saturated heterocycles. The second-order valence-corrected chi connectivity index (χ2v) is 13.6. The minimum atomic E-state index is -3.17. The van der Waals surface area contributed by atoms with E-state index < -0.39 is 25.1 Å². The number of benzene rings is 1. The van der Waals surface area contributed by atoms with Gasteiger partial charge in [0.05, 0.1) is 5.92 Å². The van der Waals surface area contributed by atoms with Gasteiger partial charge in [-0.05, 0) is 137 Å². The van der Waals surface area contributed by atoms with E-state index in [9.17, 15) is 17.6 Å². The first kappa shape index (κ1) is 31.5. The minimum absolute atomic E-state index is 0.0876. The predicted octanol–water partition coefficient (Wildman–Crippen LogP) is 10.9. The van der Waals surface area contributed by atoms with Crippen molar-refractivity contribution in [2.45, 2.75) is 129 Å². The molecule has 4 saturated carbocycles. The van der Waals surface area contributed by atoms with Crippen LogP contribution in [0.2, 0.25) is 0 Å². The van der Waals surface area contributed by atoms with Gasteiger partial charge in [0.25, 0.3) is 0 Å². The highest BCUT2D eigenvalue weighted by molar-refractivity contribution is 5.31. The summed E-state index contributed by atoms with van der Waals surface area (Å²) < 4.78 is 63.9. The molecule has 4 fully saturated rings. The molecular weight excluding hydrogens is 516 g/mol. The third-order valence-corrected chi connectivity index (χ3v) is 10.7. The van der Waals surface area contributed by atoms with Gasteiger partial charge >= 0.3 is 6.11 Å². The number of hydrogen-bond donors (Lipinski definition) is 0. The maximum absolute atomic E-state index is 14.6. The Labute approximate surface area is 240 Å². The first-order valence-corrected chi connectivity index (χ1v) is 16.2. The monoisotopic (exact) mass is 568 g/mol. The molecule has 2 nitrogen and oxygen atoms in total. The van der Waals surface area contributed by atoms with Gasteiger partial charge in [0.2, 0.25) is 6.86 Å². The maximum Gasteiger partial charge on any atom is 0.400 e. The normalized spacial score (nSPS) is 35.2. The second-order valence-electron chi connectivity index (χ2n) is 13.6. The number of alkyl halides is 4. The van der Waals surface area contributed by atoms with Crippen LogP contribution in [0.3, 0.4) is 0 Å². The fourth-order valence-electron chi connectivity index (χ4n) is 7.90. The van der Waals surface area contributed by atoms with E-state index in [1.165, 1.54) is 88.5 Å². The summed E-state index contributed by atoms with van der Waals surface area (Å²) in [7, 11) is 0. The van der Waals surface area contributed by atoms with E-state index in [1.807, 2.05) is 0 Å². The summed E-state index contributed by atoms with van der Waals surface area (Å²) in [5, 5.41) is 0. The van der Waals surface area contributed by atoms with Gasteiger partial charge in [-0.1, -0.05) is 39.5 Å². The second kappa shape index (κ2) is 15.1. The third kappa shape index (κ3) is 9.28. The lowest BCUT2D eigenvalue weighted by Crippen LogP contribution is -2.38. The van der Waals surface area contributed by atoms with E-state index in [2.05, 4.69) is 18.6 Å². The molecule has 40 heavy (non-hydrogen) atoms. The Morgan fingerprint density at radius 3 is 1.40 bits per heavy atom. The van der Waals surface area contributed by atoms with E-state index in [1.54, 1.807) is 0 Å². The lowest BCUT2D eigenvalue weighted by molar-refractivity contribution is -0.224. The van der Waals surface area contributed by atoms with Gasteiger partial charge in [0.1, 0.15) is 17.7 Å². The Bertz CT molecular complexity index is 810. The fourth-order valence-corrected chi connectivity index (χ4v) is 7.90. The van der Waals surface area contributed by atoms with Crippen LogP contribution in [0.25, 0.3) is 0 Å². The number of rotatable bonds is 7. The quantitative estimate of drug-likeness (QED) is 0.305. The van der Waals surface area contributed by atoms with Crippen molar-refractivity contribution >= 4 is 0 Å². The van der Waals surface area contributed by atoms with Crippen LogP contribution in [0.15, 0.2) is 24.3 Å². The van der Waals surface area contributed by atoms with Crippen molar-refractivity contribution in [1.29, 1.82) is 0 Å². The molecule has 5 rings (SSSR count). The zero-order chi connectivity index (χ0) is 28.5. The lowest BCUT2D eigenvalue weighted by Gasteiger charge is -2.38. The molecule has 0 aromatic heterocycles. The molecule has 0 bridgehead atoms. The lowest BCUT2D eigenvalue weighted by atomic mass is 9.69. The summed E-state index contributed by atoms with van der Waals surface area (Å²) >= 11 is 0. The van der Waals surface area contributed by atoms with Crippen molar-refractivity contribution in [2.24, 2.45) is 41.4 Å². The molecule has 4 aliphatic rings. The van der Waals surface area contributed by atoms with Crippen molar-refractivity contribution in [3.8, 4) is 11.5 Å². The average molecular weight is 569 g/mol. The highest BCUT2D eigenvalue weighted by atomic mass is 19.3. The Hall–Kier alpha value is -1.46. The van der Waals surface area contributed by atoms with E-state index >= 15 is 0 Å². The zero-order valence-electron chi connectivity index (χ0n) is 24.8. The molecule has 1 aromatic carbocycles. The van der Waals surface area contributed by atoms with Gasteiger partial charge in [-0.15, -0.1) is 0 Å². The summed E-state index contributed by atoms with van der Waals surface area (Å²) in [4.78, 5) is 0. The van der Waals surface area contributed by atoms with Gasteiger partial charge < -0.3 is 9.47 Å². The highest BCUT2D eigenvalue weighted by Gasteiger charge is 2.45. The van der Waals surface area contributed by atoms with Crippen molar-refractivity contribution in [1.82, 2.24) is 0 Å². The molecule has 0 aliphatic heterocycles. The molecule has 0 unspecified atom stereocenters. The molecule has 6 heteroatoms. The zero-order valence-corrected chi connectivity index (χ0v) is 24.8. The summed E-state index contributed by atoms with van der Waals surface area (Å²) in [5.41, 5.74) is 0. The van der Waals surface area contributed by atoms with Crippen LogP contribution in [0.5, 0.6) is 11.5 Å². The summed E-state index contributed by atoms with van der Waals surface area (Å²) in [6.07, 6.45) is 13.9. The van der Waals surface area contributed by atoms with Crippen LogP contribution in [-0.2, 0) is 0 Å². The standard InChI is InChI=1S/C21H29F3O2.C13H23F/c1-15-2-4-16(5-3-15)17-6-8-18(9-7-17)21(23,24)26-20-12-10-19(11-13-20)25-14-22;1-10-2-4-11(5-3-10)12-6-8-13(14)9-7-12/h10-13,15-18H,2-9,14H2,1H3;10-13H,2-9H2,1H3. The molecule has 4 aliphatic carbocycles. The molecular formula is C34H52F4O2. The Morgan fingerprint density at radius 2 is 0.975 bits per heavy atom. The van der Waals surface area contributed by atoms with Crippen molar-refractivity contribution < 1.29 is 27.0 Å². The maximum atomic E-state index is 14.6.